The van der Waals surface area contributed by atoms with Crippen molar-refractivity contribution in [1.29, 1.82) is 0 Å². The molecule has 6 nitrogen and oxygen atoms in total. The van der Waals surface area contributed by atoms with Gasteiger partial charge in [-0.05, 0) is 0 Å². The minimum absolute atomic E-state index is 0.526. The van der Waals surface area contributed by atoms with Gasteiger partial charge in [0.1, 0.15) is 24.4 Å². The molecule has 0 amide bonds. The summed E-state index contributed by atoms with van der Waals surface area (Å²) in [4.78, 5) is 0. The second kappa shape index (κ2) is 3.65. The summed E-state index contributed by atoms with van der Waals surface area (Å²) in [5.74, 6) is 0. The zero-order chi connectivity index (χ0) is 9.30. The Morgan fingerprint density at radius 3 is 2.00 bits per heavy atom. The molecule has 12 heavy (non-hydrogen) atoms. The van der Waals surface area contributed by atoms with Crippen LogP contribution in [0.15, 0.2) is 0 Å². The van der Waals surface area contributed by atoms with Crippen molar-refractivity contribution >= 4 is 0 Å². The molecule has 0 aliphatic carbocycles. The highest BCUT2D eigenvalue weighted by molar-refractivity contribution is 4.87. The van der Waals surface area contributed by atoms with Gasteiger partial charge in [-0.3, -0.25) is 0 Å². The molecule has 1 heterocycles. The van der Waals surface area contributed by atoms with Gasteiger partial charge in [0.2, 0.25) is 0 Å². The Hall–Kier alpha value is -0.240. The summed E-state index contributed by atoms with van der Waals surface area (Å²) < 4.78 is 4.58. The maximum absolute atomic E-state index is 9.12. The Bertz CT molecular complexity index is 146. The Kier molecular flexibility index (Phi) is 2.99. The minimum Gasteiger partial charge on any atom is -0.394 e. The maximum atomic E-state index is 9.12. The standard InChI is InChI=1S/C6H12O6/c7-1-2-3(8)4(9)5(10)6(11)12-2/h2-11H,1H2/t2?,3-,4-,5+,6?/m1/s1. The normalized spacial score (nSPS) is 49.2. The van der Waals surface area contributed by atoms with Gasteiger partial charge in [-0.15, -0.1) is 0 Å². The number of rotatable bonds is 1. The Labute approximate surface area is 68.6 Å². The van der Waals surface area contributed by atoms with E-state index in [-0.39, 0.29) is 0 Å². The molecule has 1 aliphatic rings. The van der Waals surface area contributed by atoms with E-state index in [4.69, 9.17) is 25.5 Å². The van der Waals surface area contributed by atoms with Crippen molar-refractivity contribution in [3.8, 4) is 0 Å². The Morgan fingerprint density at radius 2 is 1.50 bits per heavy atom. The van der Waals surface area contributed by atoms with Gasteiger partial charge < -0.3 is 30.3 Å². The molecule has 0 aromatic carbocycles. The number of hydrogen-bond donors (Lipinski definition) is 5. The van der Waals surface area contributed by atoms with Gasteiger partial charge in [-0.25, -0.2) is 0 Å². The third-order valence-corrected chi connectivity index (χ3v) is 1.87. The lowest BCUT2D eigenvalue weighted by Gasteiger charge is -2.37. The van der Waals surface area contributed by atoms with Crippen LogP contribution in [0.25, 0.3) is 0 Å². The lowest BCUT2D eigenvalue weighted by atomic mass is 10.00. The summed E-state index contributed by atoms with van der Waals surface area (Å²) >= 11 is 0. The molecule has 0 spiro atoms. The molecule has 0 bridgehead atoms. The molecule has 0 aromatic rings. The molecular formula is C6H12O6. The SMILES string of the molecule is OCC1OC(O)[C@@H](O)[C@H](O)[C@@H]1O. The number of ether oxygens (including phenoxy) is 1. The predicted molar refractivity (Wildman–Crippen MR) is 36.0 cm³/mol. The van der Waals surface area contributed by atoms with Gasteiger partial charge in [0.15, 0.2) is 6.29 Å². The Balaban J connectivity index is 2.63. The van der Waals surface area contributed by atoms with Gasteiger partial charge in [0.25, 0.3) is 0 Å². The van der Waals surface area contributed by atoms with E-state index in [9.17, 15) is 0 Å². The fraction of sp³-hybridized carbons (Fsp3) is 1.00. The summed E-state index contributed by atoms with van der Waals surface area (Å²) in [5.41, 5.74) is 0. The fourth-order valence-electron chi connectivity index (χ4n) is 1.08. The van der Waals surface area contributed by atoms with Crippen LogP contribution in [-0.4, -0.2) is 62.8 Å². The molecule has 0 radical (unpaired) electrons. The molecule has 1 saturated heterocycles. The van der Waals surface area contributed by atoms with Crippen LogP contribution in [-0.2, 0) is 4.74 Å². The van der Waals surface area contributed by atoms with Gasteiger partial charge >= 0.3 is 0 Å². The molecule has 6 heteroatoms. The second-order valence-electron chi connectivity index (χ2n) is 2.72. The maximum Gasteiger partial charge on any atom is 0.184 e. The van der Waals surface area contributed by atoms with Crippen LogP contribution >= 0.6 is 0 Å². The summed E-state index contributed by atoms with van der Waals surface area (Å²) in [5, 5.41) is 44.7. The summed E-state index contributed by atoms with van der Waals surface area (Å²) in [7, 11) is 0. The largest absolute Gasteiger partial charge is 0.394 e. The van der Waals surface area contributed by atoms with Crippen molar-refractivity contribution in [1.82, 2.24) is 0 Å². The van der Waals surface area contributed by atoms with Crippen LogP contribution in [0.1, 0.15) is 0 Å². The lowest BCUT2D eigenvalue weighted by molar-refractivity contribution is -0.286. The monoisotopic (exact) mass is 180 g/mol. The van der Waals surface area contributed by atoms with E-state index in [2.05, 4.69) is 4.74 Å². The van der Waals surface area contributed by atoms with Gasteiger partial charge in [-0.1, -0.05) is 0 Å². The van der Waals surface area contributed by atoms with Crippen molar-refractivity contribution in [2.45, 2.75) is 30.7 Å². The summed E-state index contributed by atoms with van der Waals surface area (Å²) in [6.07, 6.45) is -7.04. The highest BCUT2D eigenvalue weighted by Gasteiger charge is 2.42. The van der Waals surface area contributed by atoms with Crippen LogP contribution in [0.2, 0.25) is 0 Å². The van der Waals surface area contributed by atoms with Gasteiger partial charge in [0, 0.05) is 0 Å². The molecule has 5 N–H and O–H groups in total. The van der Waals surface area contributed by atoms with Crippen molar-refractivity contribution in [3.05, 3.63) is 0 Å². The van der Waals surface area contributed by atoms with E-state index in [0.29, 0.717) is 0 Å². The molecule has 2 unspecified atom stereocenters. The predicted octanol–water partition coefficient (Wildman–Crippen LogP) is -3.22. The van der Waals surface area contributed by atoms with E-state index in [1.54, 1.807) is 0 Å². The van der Waals surface area contributed by atoms with E-state index in [1.165, 1.54) is 0 Å². The summed E-state index contributed by atoms with van der Waals surface area (Å²) in [6, 6.07) is 0. The first-order chi connectivity index (χ1) is 5.57. The fourth-order valence-corrected chi connectivity index (χ4v) is 1.08. The summed E-state index contributed by atoms with van der Waals surface area (Å²) in [6.45, 7) is -0.526. The first kappa shape index (κ1) is 9.85. The molecule has 0 saturated carbocycles. The zero-order valence-corrected chi connectivity index (χ0v) is 6.24. The highest BCUT2D eigenvalue weighted by Crippen LogP contribution is 2.18. The molecule has 72 valence electrons. The average molecular weight is 180 g/mol. The third-order valence-electron chi connectivity index (χ3n) is 1.87. The number of hydrogen-bond acceptors (Lipinski definition) is 6. The van der Waals surface area contributed by atoms with E-state index >= 15 is 0 Å². The zero-order valence-electron chi connectivity index (χ0n) is 6.24. The van der Waals surface area contributed by atoms with Gasteiger partial charge in [-0.2, -0.15) is 0 Å². The van der Waals surface area contributed by atoms with Crippen molar-refractivity contribution in [2.24, 2.45) is 0 Å². The van der Waals surface area contributed by atoms with Crippen LogP contribution in [0, 0.1) is 0 Å². The van der Waals surface area contributed by atoms with Crippen molar-refractivity contribution in [3.63, 3.8) is 0 Å². The van der Waals surface area contributed by atoms with Gasteiger partial charge in [0.05, 0.1) is 6.61 Å². The minimum atomic E-state index is -1.57. The number of aliphatic hydroxyl groups excluding tert-OH is 5. The van der Waals surface area contributed by atoms with Crippen LogP contribution < -0.4 is 0 Å². The molecule has 0 aromatic heterocycles. The van der Waals surface area contributed by atoms with Crippen molar-refractivity contribution in [2.75, 3.05) is 6.61 Å². The number of aliphatic hydroxyl groups is 5. The highest BCUT2D eigenvalue weighted by atomic mass is 16.6. The van der Waals surface area contributed by atoms with E-state index < -0.39 is 37.3 Å². The van der Waals surface area contributed by atoms with E-state index in [1.807, 2.05) is 0 Å². The van der Waals surface area contributed by atoms with Crippen LogP contribution in [0.4, 0.5) is 0 Å². The van der Waals surface area contributed by atoms with Crippen LogP contribution in [0.5, 0.6) is 0 Å². The molecular weight excluding hydrogens is 168 g/mol. The first-order valence-electron chi connectivity index (χ1n) is 3.56. The quantitative estimate of drug-likeness (QED) is 0.290. The molecule has 1 aliphatic heterocycles. The smallest absolute Gasteiger partial charge is 0.184 e. The van der Waals surface area contributed by atoms with Crippen molar-refractivity contribution < 1.29 is 30.3 Å². The van der Waals surface area contributed by atoms with E-state index in [0.717, 1.165) is 0 Å². The molecule has 1 fully saturated rings. The second-order valence-corrected chi connectivity index (χ2v) is 2.72. The topological polar surface area (TPSA) is 110 Å². The molecule has 5 atom stereocenters. The third kappa shape index (κ3) is 1.58. The van der Waals surface area contributed by atoms with Crippen LogP contribution in [0.3, 0.4) is 0 Å². The first-order valence-corrected chi connectivity index (χ1v) is 3.56. The lowest BCUT2D eigenvalue weighted by Crippen LogP contribution is -2.58. The Morgan fingerprint density at radius 1 is 0.917 bits per heavy atom. The average Bonchev–Trinajstić information content (AvgIpc) is 2.08. The molecule has 1 rings (SSSR count).